The van der Waals surface area contributed by atoms with Crippen molar-refractivity contribution in [2.24, 2.45) is 17.8 Å². The van der Waals surface area contributed by atoms with E-state index in [4.69, 9.17) is 4.74 Å². The largest absolute Gasteiger partial charge is 0.374 e. The van der Waals surface area contributed by atoms with E-state index in [2.05, 4.69) is 19.2 Å². The molecule has 0 aromatic rings. The number of hydrogen-bond donors (Lipinski definition) is 1. The molecule has 0 spiro atoms. The van der Waals surface area contributed by atoms with Gasteiger partial charge in [0.25, 0.3) is 0 Å². The van der Waals surface area contributed by atoms with E-state index in [0.717, 1.165) is 6.42 Å². The highest BCUT2D eigenvalue weighted by Gasteiger charge is 2.43. The maximum absolute atomic E-state index is 12.1. The molecular formula is C17H31NO2. The summed E-state index contributed by atoms with van der Waals surface area (Å²) < 4.78 is 6.38. The first-order chi connectivity index (χ1) is 9.56. The van der Waals surface area contributed by atoms with Gasteiger partial charge in [-0.05, 0) is 25.2 Å². The summed E-state index contributed by atoms with van der Waals surface area (Å²) in [6, 6.07) is 0.330. The summed E-state index contributed by atoms with van der Waals surface area (Å²) in [5.41, 5.74) is 0. The fraction of sp³-hybridized carbons (Fsp3) is 0.941. The average Bonchev–Trinajstić information content (AvgIpc) is 2.88. The monoisotopic (exact) mass is 281 g/mol. The summed E-state index contributed by atoms with van der Waals surface area (Å²) in [5, 5.41) is 3.30. The Morgan fingerprint density at radius 2 is 1.95 bits per heavy atom. The molecule has 0 unspecified atom stereocenters. The lowest BCUT2D eigenvalue weighted by atomic mass is 9.82. The molecule has 1 aliphatic heterocycles. The first kappa shape index (κ1) is 15.8. The average molecular weight is 281 g/mol. The number of ether oxygens (including phenoxy) is 1. The van der Waals surface area contributed by atoms with Gasteiger partial charge in [-0.2, -0.15) is 0 Å². The van der Waals surface area contributed by atoms with Crippen LogP contribution in [-0.4, -0.2) is 24.2 Å². The van der Waals surface area contributed by atoms with Crippen molar-refractivity contribution >= 4 is 5.91 Å². The topological polar surface area (TPSA) is 38.3 Å². The minimum Gasteiger partial charge on any atom is -0.374 e. The van der Waals surface area contributed by atoms with E-state index in [1.54, 1.807) is 0 Å². The zero-order valence-electron chi connectivity index (χ0n) is 13.5. The maximum Gasteiger partial charge on any atom is 0.222 e. The molecule has 1 amide bonds. The van der Waals surface area contributed by atoms with Crippen molar-refractivity contribution in [1.29, 1.82) is 0 Å². The van der Waals surface area contributed by atoms with Crippen LogP contribution >= 0.6 is 0 Å². The van der Waals surface area contributed by atoms with Crippen molar-refractivity contribution < 1.29 is 9.53 Å². The van der Waals surface area contributed by atoms with E-state index in [9.17, 15) is 4.79 Å². The van der Waals surface area contributed by atoms with Gasteiger partial charge in [-0.3, -0.25) is 4.79 Å². The second-order valence-electron chi connectivity index (χ2n) is 6.89. The summed E-state index contributed by atoms with van der Waals surface area (Å²) in [4.78, 5) is 12.1. The Bertz CT molecular complexity index is 325. The third-order valence-corrected chi connectivity index (χ3v) is 5.28. The SMILES string of the molecule is CCC(CC)[C@H]1C[C@@H](NC(=O)C(C)C)[C@@H]2CCC[C@H]2O1. The molecule has 0 aromatic heterocycles. The molecule has 0 aromatic carbocycles. The highest BCUT2D eigenvalue weighted by atomic mass is 16.5. The van der Waals surface area contributed by atoms with Crippen molar-refractivity contribution in [2.45, 2.75) is 84.5 Å². The van der Waals surface area contributed by atoms with Gasteiger partial charge in [0.2, 0.25) is 5.91 Å². The van der Waals surface area contributed by atoms with Crippen LogP contribution in [0.2, 0.25) is 0 Å². The highest BCUT2D eigenvalue weighted by Crippen LogP contribution is 2.40. The zero-order valence-corrected chi connectivity index (χ0v) is 13.5. The van der Waals surface area contributed by atoms with Gasteiger partial charge >= 0.3 is 0 Å². The molecule has 3 heteroatoms. The van der Waals surface area contributed by atoms with Gasteiger partial charge in [-0.25, -0.2) is 0 Å². The van der Waals surface area contributed by atoms with Crippen LogP contribution in [0.5, 0.6) is 0 Å². The lowest BCUT2D eigenvalue weighted by Crippen LogP contribution is -2.52. The van der Waals surface area contributed by atoms with Crippen molar-refractivity contribution in [2.75, 3.05) is 0 Å². The summed E-state index contributed by atoms with van der Waals surface area (Å²) in [6.45, 7) is 8.44. The van der Waals surface area contributed by atoms with E-state index in [-0.39, 0.29) is 11.8 Å². The Morgan fingerprint density at radius 3 is 2.55 bits per heavy atom. The number of amides is 1. The Kier molecular flexibility index (Phi) is 5.48. The standard InChI is InChI=1S/C17H31NO2/c1-5-12(6-2)16-10-14(18-17(19)11(3)4)13-8-7-9-15(13)20-16/h11-16H,5-10H2,1-4H3,(H,18,19)/t13-,14+,15+,16+/m0/s1. The number of rotatable bonds is 5. The van der Waals surface area contributed by atoms with Crippen LogP contribution in [0.25, 0.3) is 0 Å². The van der Waals surface area contributed by atoms with Gasteiger partial charge in [0.15, 0.2) is 0 Å². The molecule has 1 N–H and O–H groups in total. The van der Waals surface area contributed by atoms with Crippen LogP contribution < -0.4 is 5.32 Å². The maximum atomic E-state index is 12.1. The lowest BCUT2D eigenvalue weighted by Gasteiger charge is -2.42. The van der Waals surface area contributed by atoms with E-state index in [1.165, 1.54) is 32.1 Å². The molecule has 20 heavy (non-hydrogen) atoms. The van der Waals surface area contributed by atoms with Gasteiger partial charge in [0.05, 0.1) is 12.2 Å². The first-order valence-corrected chi connectivity index (χ1v) is 8.52. The number of fused-ring (bicyclic) bond motifs is 1. The van der Waals surface area contributed by atoms with Gasteiger partial charge in [-0.1, -0.05) is 47.0 Å². The molecule has 0 radical (unpaired) electrons. The summed E-state index contributed by atoms with van der Waals surface area (Å²) >= 11 is 0. The number of nitrogens with one attached hydrogen (secondary N) is 1. The van der Waals surface area contributed by atoms with Gasteiger partial charge in [0.1, 0.15) is 0 Å². The molecule has 1 saturated heterocycles. The fourth-order valence-corrected chi connectivity index (χ4v) is 3.92. The van der Waals surface area contributed by atoms with Crippen LogP contribution in [0, 0.1) is 17.8 Å². The number of carbonyl (C=O) groups is 1. The summed E-state index contributed by atoms with van der Waals surface area (Å²) in [7, 11) is 0. The quantitative estimate of drug-likeness (QED) is 0.837. The molecule has 116 valence electrons. The van der Waals surface area contributed by atoms with Crippen molar-refractivity contribution in [1.82, 2.24) is 5.32 Å². The molecule has 0 bridgehead atoms. The summed E-state index contributed by atoms with van der Waals surface area (Å²) in [5.74, 6) is 1.45. The Labute approximate surface area is 123 Å². The third-order valence-electron chi connectivity index (χ3n) is 5.28. The first-order valence-electron chi connectivity index (χ1n) is 8.52. The normalized spacial score (nSPS) is 33.5. The number of carbonyl (C=O) groups excluding carboxylic acids is 1. The van der Waals surface area contributed by atoms with E-state index in [1.807, 2.05) is 13.8 Å². The van der Waals surface area contributed by atoms with Crippen molar-refractivity contribution in [3.8, 4) is 0 Å². The van der Waals surface area contributed by atoms with Crippen LogP contribution in [0.3, 0.4) is 0 Å². The fourth-order valence-electron chi connectivity index (χ4n) is 3.92. The molecule has 2 fully saturated rings. The van der Waals surface area contributed by atoms with Crippen LogP contribution in [-0.2, 0) is 9.53 Å². The molecule has 1 saturated carbocycles. The van der Waals surface area contributed by atoms with Crippen LogP contribution in [0.4, 0.5) is 0 Å². The molecule has 3 nitrogen and oxygen atoms in total. The van der Waals surface area contributed by atoms with Gasteiger partial charge in [-0.15, -0.1) is 0 Å². The van der Waals surface area contributed by atoms with Crippen LogP contribution in [0.1, 0.15) is 66.2 Å². The number of hydrogen-bond acceptors (Lipinski definition) is 2. The highest BCUT2D eigenvalue weighted by molar-refractivity contribution is 5.78. The van der Waals surface area contributed by atoms with E-state index >= 15 is 0 Å². The second kappa shape index (κ2) is 6.93. The van der Waals surface area contributed by atoms with Gasteiger partial charge < -0.3 is 10.1 Å². The molecule has 2 rings (SSSR count). The van der Waals surface area contributed by atoms with E-state index in [0.29, 0.717) is 30.1 Å². The molecule has 1 aliphatic carbocycles. The Balaban J connectivity index is 2.05. The van der Waals surface area contributed by atoms with Crippen molar-refractivity contribution in [3.63, 3.8) is 0 Å². The van der Waals surface area contributed by atoms with Crippen molar-refractivity contribution in [3.05, 3.63) is 0 Å². The molecule has 1 heterocycles. The zero-order chi connectivity index (χ0) is 14.7. The molecular weight excluding hydrogens is 250 g/mol. The Hall–Kier alpha value is -0.570. The predicted molar refractivity (Wildman–Crippen MR) is 81.5 cm³/mol. The Morgan fingerprint density at radius 1 is 1.25 bits per heavy atom. The van der Waals surface area contributed by atoms with Gasteiger partial charge in [0, 0.05) is 17.9 Å². The molecule has 4 atom stereocenters. The van der Waals surface area contributed by atoms with E-state index < -0.39 is 0 Å². The predicted octanol–water partition coefficient (Wildman–Crippen LogP) is 3.52. The second-order valence-corrected chi connectivity index (χ2v) is 6.89. The van der Waals surface area contributed by atoms with Crippen LogP contribution in [0.15, 0.2) is 0 Å². The minimum atomic E-state index is 0.0734. The lowest BCUT2D eigenvalue weighted by molar-refractivity contribution is -0.132. The smallest absolute Gasteiger partial charge is 0.222 e. The minimum absolute atomic E-state index is 0.0734. The summed E-state index contributed by atoms with van der Waals surface area (Å²) in [6.07, 6.45) is 7.70. The molecule has 2 aliphatic rings. The third kappa shape index (κ3) is 3.36.